The minimum Gasteiger partial charge on any atom is -0.378 e. The van der Waals surface area contributed by atoms with Crippen molar-refractivity contribution in [2.75, 3.05) is 45.7 Å². The molecule has 6 heteroatoms. The lowest BCUT2D eigenvalue weighted by Crippen LogP contribution is -2.49. The van der Waals surface area contributed by atoms with Crippen molar-refractivity contribution in [3.05, 3.63) is 29.3 Å². The summed E-state index contributed by atoms with van der Waals surface area (Å²) in [6, 6.07) is 7.12. The van der Waals surface area contributed by atoms with E-state index in [0.29, 0.717) is 6.04 Å². The lowest BCUT2D eigenvalue weighted by Gasteiger charge is -2.34. The molecule has 0 radical (unpaired) electrons. The molecule has 0 aromatic heterocycles. The summed E-state index contributed by atoms with van der Waals surface area (Å²) in [5.41, 5.74) is 3.85. The zero-order valence-electron chi connectivity index (χ0n) is 17.9. The Bertz CT molecular complexity index is 592. The first-order valence-electron chi connectivity index (χ1n) is 9.85. The number of hydrogen-bond acceptors (Lipinski definition) is 3. The van der Waals surface area contributed by atoms with Gasteiger partial charge in [-0.15, -0.1) is 24.0 Å². The number of hydrogen-bond donors (Lipinski definition) is 2. The first-order chi connectivity index (χ1) is 12.4. The van der Waals surface area contributed by atoms with Gasteiger partial charge in [0.05, 0.1) is 0 Å². The summed E-state index contributed by atoms with van der Waals surface area (Å²) >= 11 is 0. The monoisotopic (exact) mass is 487 g/mol. The van der Waals surface area contributed by atoms with Crippen molar-refractivity contribution in [3.8, 4) is 0 Å². The molecule has 1 aliphatic heterocycles. The molecule has 2 rings (SSSR count). The molecule has 0 amide bonds. The third-order valence-electron chi connectivity index (χ3n) is 5.06. The van der Waals surface area contributed by atoms with Crippen LogP contribution < -0.4 is 15.5 Å². The quantitative estimate of drug-likeness (QED) is 0.367. The molecule has 2 N–H and O–H groups in total. The molecule has 0 atom stereocenters. The van der Waals surface area contributed by atoms with Gasteiger partial charge < -0.3 is 20.4 Å². The van der Waals surface area contributed by atoms with Gasteiger partial charge in [-0.25, -0.2) is 0 Å². The van der Waals surface area contributed by atoms with Crippen LogP contribution in [0.2, 0.25) is 0 Å². The van der Waals surface area contributed by atoms with Crippen LogP contribution in [0.15, 0.2) is 23.2 Å². The van der Waals surface area contributed by atoms with Crippen LogP contribution in [-0.4, -0.2) is 57.7 Å². The molecule has 1 aromatic rings. The number of benzene rings is 1. The SMILES string of the molecule is CN=C(NCc1ccc(N(C)C)cc1C)NC1CCN(CC(C)C)CC1.I. The molecule has 0 spiro atoms. The van der Waals surface area contributed by atoms with Crippen molar-refractivity contribution < 1.29 is 0 Å². The predicted molar refractivity (Wildman–Crippen MR) is 129 cm³/mol. The Morgan fingerprint density at radius 3 is 2.44 bits per heavy atom. The van der Waals surface area contributed by atoms with E-state index in [0.717, 1.165) is 18.4 Å². The molecular formula is C21H38IN5. The van der Waals surface area contributed by atoms with Crippen LogP contribution in [0.25, 0.3) is 0 Å². The summed E-state index contributed by atoms with van der Waals surface area (Å²) in [6.45, 7) is 11.1. The zero-order chi connectivity index (χ0) is 19.1. The van der Waals surface area contributed by atoms with Crippen molar-refractivity contribution in [3.63, 3.8) is 0 Å². The van der Waals surface area contributed by atoms with Gasteiger partial charge in [0, 0.05) is 59.1 Å². The summed E-state index contributed by atoms with van der Waals surface area (Å²) < 4.78 is 0. The first kappa shape index (κ1) is 24.0. The van der Waals surface area contributed by atoms with Gasteiger partial charge in [0.15, 0.2) is 5.96 Å². The van der Waals surface area contributed by atoms with E-state index in [1.54, 1.807) is 0 Å². The Hall–Kier alpha value is -1.02. The summed E-state index contributed by atoms with van der Waals surface area (Å²) in [4.78, 5) is 9.13. The lowest BCUT2D eigenvalue weighted by molar-refractivity contribution is 0.187. The van der Waals surface area contributed by atoms with E-state index < -0.39 is 0 Å². The molecule has 27 heavy (non-hydrogen) atoms. The molecule has 154 valence electrons. The maximum Gasteiger partial charge on any atom is 0.191 e. The van der Waals surface area contributed by atoms with E-state index in [1.165, 1.54) is 49.3 Å². The second-order valence-corrected chi connectivity index (χ2v) is 8.04. The van der Waals surface area contributed by atoms with Crippen LogP contribution in [0.1, 0.15) is 37.8 Å². The summed E-state index contributed by atoms with van der Waals surface area (Å²) in [6.07, 6.45) is 2.37. The van der Waals surface area contributed by atoms with Gasteiger partial charge in [-0.3, -0.25) is 4.99 Å². The standard InChI is InChI=1S/C21H37N5.HI/c1-16(2)15-26-11-9-19(10-12-26)24-21(22-4)23-14-18-7-8-20(25(5)6)13-17(18)3;/h7-8,13,16,19H,9-12,14-15H2,1-6H3,(H2,22,23,24);1H. The minimum absolute atomic E-state index is 0. The maximum atomic E-state index is 4.41. The number of anilines is 1. The van der Waals surface area contributed by atoms with Crippen LogP contribution in [0.5, 0.6) is 0 Å². The molecule has 1 saturated heterocycles. The van der Waals surface area contributed by atoms with Crippen molar-refractivity contribution in [2.24, 2.45) is 10.9 Å². The highest BCUT2D eigenvalue weighted by molar-refractivity contribution is 14.0. The fourth-order valence-electron chi connectivity index (χ4n) is 3.50. The Balaban J connectivity index is 0.00000364. The minimum atomic E-state index is 0. The molecule has 1 fully saturated rings. The molecule has 5 nitrogen and oxygen atoms in total. The van der Waals surface area contributed by atoms with Crippen molar-refractivity contribution >= 4 is 35.6 Å². The number of aliphatic imine (C=N–C) groups is 1. The summed E-state index contributed by atoms with van der Waals surface area (Å²) in [5.74, 6) is 1.65. The van der Waals surface area contributed by atoms with Gasteiger partial charge in [0.1, 0.15) is 0 Å². The number of halogens is 1. The molecule has 0 bridgehead atoms. The Morgan fingerprint density at radius 2 is 1.93 bits per heavy atom. The molecule has 1 aromatic carbocycles. The third kappa shape index (κ3) is 7.86. The number of likely N-dealkylation sites (tertiary alicyclic amines) is 1. The lowest BCUT2D eigenvalue weighted by atomic mass is 10.0. The highest BCUT2D eigenvalue weighted by Gasteiger charge is 2.20. The van der Waals surface area contributed by atoms with Crippen LogP contribution in [0.4, 0.5) is 5.69 Å². The first-order valence-corrected chi connectivity index (χ1v) is 9.85. The van der Waals surface area contributed by atoms with Gasteiger partial charge in [0.25, 0.3) is 0 Å². The Labute approximate surface area is 183 Å². The number of aryl methyl sites for hydroxylation is 1. The highest BCUT2D eigenvalue weighted by Crippen LogP contribution is 2.17. The average molecular weight is 487 g/mol. The van der Waals surface area contributed by atoms with Gasteiger partial charge >= 0.3 is 0 Å². The van der Waals surface area contributed by atoms with Gasteiger partial charge in [-0.2, -0.15) is 0 Å². The summed E-state index contributed by atoms with van der Waals surface area (Å²) in [7, 11) is 6.00. The van der Waals surface area contributed by atoms with Crippen LogP contribution in [0, 0.1) is 12.8 Å². The number of guanidine groups is 1. The van der Waals surface area contributed by atoms with Gasteiger partial charge in [-0.05, 0) is 48.9 Å². The largest absolute Gasteiger partial charge is 0.378 e. The highest BCUT2D eigenvalue weighted by atomic mass is 127. The van der Waals surface area contributed by atoms with Gasteiger partial charge in [-0.1, -0.05) is 19.9 Å². The van der Waals surface area contributed by atoms with E-state index in [9.17, 15) is 0 Å². The second-order valence-electron chi connectivity index (χ2n) is 8.04. The van der Waals surface area contributed by atoms with E-state index in [2.05, 4.69) is 78.5 Å². The normalized spacial score (nSPS) is 16.2. The van der Waals surface area contributed by atoms with Crippen molar-refractivity contribution in [1.82, 2.24) is 15.5 Å². The topological polar surface area (TPSA) is 42.9 Å². The fourth-order valence-corrected chi connectivity index (χ4v) is 3.50. The number of rotatable bonds is 6. The number of nitrogens with one attached hydrogen (secondary N) is 2. The second kappa shape index (κ2) is 11.7. The van der Waals surface area contributed by atoms with Crippen LogP contribution in [0.3, 0.4) is 0 Å². The fraction of sp³-hybridized carbons (Fsp3) is 0.667. The molecule has 0 unspecified atom stereocenters. The zero-order valence-corrected chi connectivity index (χ0v) is 20.2. The van der Waals surface area contributed by atoms with E-state index >= 15 is 0 Å². The number of nitrogens with zero attached hydrogens (tertiary/aromatic N) is 3. The third-order valence-corrected chi connectivity index (χ3v) is 5.06. The number of piperidine rings is 1. The molecule has 0 aliphatic carbocycles. The molecule has 1 aliphatic rings. The van der Waals surface area contributed by atoms with Crippen LogP contribution in [-0.2, 0) is 6.54 Å². The Morgan fingerprint density at radius 1 is 1.26 bits per heavy atom. The van der Waals surface area contributed by atoms with E-state index in [-0.39, 0.29) is 24.0 Å². The average Bonchev–Trinajstić information content (AvgIpc) is 2.60. The maximum absolute atomic E-state index is 4.41. The smallest absolute Gasteiger partial charge is 0.191 e. The van der Waals surface area contributed by atoms with Crippen molar-refractivity contribution in [1.29, 1.82) is 0 Å². The predicted octanol–water partition coefficient (Wildman–Crippen LogP) is 3.46. The van der Waals surface area contributed by atoms with E-state index in [1.807, 2.05) is 7.05 Å². The van der Waals surface area contributed by atoms with Gasteiger partial charge in [0.2, 0.25) is 0 Å². The van der Waals surface area contributed by atoms with Crippen LogP contribution >= 0.6 is 24.0 Å². The molecule has 1 heterocycles. The van der Waals surface area contributed by atoms with E-state index in [4.69, 9.17) is 0 Å². The molecule has 0 saturated carbocycles. The van der Waals surface area contributed by atoms with Crippen molar-refractivity contribution in [2.45, 2.75) is 46.2 Å². The molecular weight excluding hydrogens is 449 g/mol. The Kier molecular flexibility index (Phi) is 10.4. The summed E-state index contributed by atoms with van der Waals surface area (Å²) in [5, 5.41) is 7.08.